The Balaban J connectivity index is 1.70. The van der Waals surface area contributed by atoms with Crippen molar-refractivity contribution >= 4 is 11.6 Å². The predicted molar refractivity (Wildman–Crippen MR) is 78.3 cm³/mol. The number of carbonyl (C=O) groups excluding carboxylic acids is 1. The molecule has 0 aliphatic carbocycles. The zero-order valence-electron chi connectivity index (χ0n) is 11.8. The van der Waals surface area contributed by atoms with Crippen LogP contribution in [-0.2, 0) is 24.2 Å². The van der Waals surface area contributed by atoms with Crippen LogP contribution in [0.1, 0.15) is 16.8 Å². The monoisotopic (exact) mass is 303 g/mol. The van der Waals surface area contributed by atoms with E-state index in [4.69, 9.17) is 0 Å². The SMILES string of the molecule is O=C(Cc1cc(F)ccc1F)Nc1cnc2c(c1)CNCC2. The number of pyridine rings is 1. The van der Waals surface area contributed by atoms with Crippen molar-refractivity contribution in [2.75, 3.05) is 11.9 Å². The Hall–Kier alpha value is -2.34. The van der Waals surface area contributed by atoms with Gasteiger partial charge in [-0.05, 0) is 29.8 Å². The molecule has 0 saturated heterocycles. The maximum Gasteiger partial charge on any atom is 0.228 e. The summed E-state index contributed by atoms with van der Waals surface area (Å²) in [4.78, 5) is 16.3. The van der Waals surface area contributed by atoms with Gasteiger partial charge in [-0.15, -0.1) is 0 Å². The average Bonchev–Trinajstić information content (AvgIpc) is 2.51. The number of benzene rings is 1. The zero-order chi connectivity index (χ0) is 15.5. The van der Waals surface area contributed by atoms with Crippen molar-refractivity contribution in [1.29, 1.82) is 0 Å². The van der Waals surface area contributed by atoms with E-state index in [1.165, 1.54) is 0 Å². The molecule has 1 aliphatic rings. The number of nitrogens with zero attached hydrogens (tertiary/aromatic N) is 1. The molecule has 1 aromatic heterocycles. The average molecular weight is 303 g/mol. The first-order chi connectivity index (χ1) is 10.6. The zero-order valence-corrected chi connectivity index (χ0v) is 11.8. The first kappa shape index (κ1) is 14.6. The molecule has 2 heterocycles. The summed E-state index contributed by atoms with van der Waals surface area (Å²) in [5.41, 5.74) is 2.66. The molecule has 3 rings (SSSR count). The minimum absolute atomic E-state index is 0.0325. The molecular formula is C16H15F2N3O. The smallest absolute Gasteiger partial charge is 0.228 e. The molecular weight excluding hydrogens is 288 g/mol. The van der Waals surface area contributed by atoms with E-state index < -0.39 is 17.5 Å². The van der Waals surface area contributed by atoms with Gasteiger partial charge in [0.05, 0.1) is 18.3 Å². The Labute approximate surface area is 126 Å². The predicted octanol–water partition coefficient (Wildman–Crippen LogP) is 2.19. The van der Waals surface area contributed by atoms with Gasteiger partial charge in [0.1, 0.15) is 11.6 Å². The Morgan fingerprint density at radius 2 is 2.18 bits per heavy atom. The maximum atomic E-state index is 13.5. The van der Waals surface area contributed by atoms with Crippen molar-refractivity contribution in [3.63, 3.8) is 0 Å². The van der Waals surface area contributed by atoms with Crippen molar-refractivity contribution in [3.05, 3.63) is 58.9 Å². The van der Waals surface area contributed by atoms with Crippen molar-refractivity contribution in [1.82, 2.24) is 10.3 Å². The molecule has 0 unspecified atom stereocenters. The van der Waals surface area contributed by atoms with E-state index in [-0.39, 0.29) is 12.0 Å². The van der Waals surface area contributed by atoms with E-state index in [1.54, 1.807) is 6.20 Å². The van der Waals surface area contributed by atoms with E-state index in [2.05, 4.69) is 15.6 Å². The van der Waals surface area contributed by atoms with Gasteiger partial charge in [0.2, 0.25) is 5.91 Å². The van der Waals surface area contributed by atoms with Gasteiger partial charge in [-0.3, -0.25) is 9.78 Å². The standard InChI is InChI=1S/C16H15F2N3O/c17-12-1-2-14(18)10(5-12)7-16(22)21-13-6-11-8-19-4-3-15(11)20-9-13/h1-2,5-6,9,19H,3-4,7-8H2,(H,21,22). The van der Waals surface area contributed by atoms with Gasteiger partial charge in [0.15, 0.2) is 0 Å². The van der Waals surface area contributed by atoms with Crippen molar-refractivity contribution in [3.8, 4) is 0 Å². The van der Waals surface area contributed by atoms with E-state index in [0.717, 1.165) is 42.4 Å². The highest BCUT2D eigenvalue weighted by Crippen LogP contribution is 2.17. The molecule has 0 atom stereocenters. The summed E-state index contributed by atoms with van der Waals surface area (Å²) in [7, 11) is 0. The van der Waals surface area contributed by atoms with E-state index >= 15 is 0 Å². The van der Waals surface area contributed by atoms with Crippen LogP contribution in [0, 0.1) is 11.6 Å². The molecule has 4 nitrogen and oxygen atoms in total. The van der Waals surface area contributed by atoms with Gasteiger partial charge in [0.25, 0.3) is 0 Å². The Morgan fingerprint density at radius 3 is 3.05 bits per heavy atom. The Morgan fingerprint density at radius 1 is 1.32 bits per heavy atom. The number of halogens is 2. The summed E-state index contributed by atoms with van der Waals surface area (Å²) in [5.74, 6) is -1.56. The van der Waals surface area contributed by atoms with Crippen LogP contribution in [0.25, 0.3) is 0 Å². The molecule has 2 aromatic rings. The van der Waals surface area contributed by atoms with Gasteiger partial charge in [-0.1, -0.05) is 0 Å². The summed E-state index contributed by atoms with van der Waals surface area (Å²) in [6, 6.07) is 4.93. The second-order valence-electron chi connectivity index (χ2n) is 5.22. The number of fused-ring (bicyclic) bond motifs is 1. The van der Waals surface area contributed by atoms with Crippen LogP contribution in [0.5, 0.6) is 0 Å². The highest BCUT2D eigenvalue weighted by Gasteiger charge is 2.13. The minimum Gasteiger partial charge on any atom is -0.324 e. The van der Waals surface area contributed by atoms with Gasteiger partial charge in [0, 0.05) is 30.8 Å². The lowest BCUT2D eigenvalue weighted by Crippen LogP contribution is -2.25. The molecule has 2 N–H and O–H groups in total. The normalized spacial score (nSPS) is 13.5. The number of carbonyl (C=O) groups is 1. The largest absolute Gasteiger partial charge is 0.324 e. The summed E-state index contributed by atoms with van der Waals surface area (Å²) < 4.78 is 26.6. The second kappa shape index (κ2) is 6.19. The molecule has 114 valence electrons. The molecule has 0 bridgehead atoms. The lowest BCUT2D eigenvalue weighted by Gasteiger charge is -2.17. The number of aromatic nitrogens is 1. The van der Waals surface area contributed by atoms with Crippen molar-refractivity contribution < 1.29 is 13.6 Å². The summed E-state index contributed by atoms with van der Waals surface area (Å²) in [5, 5.41) is 5.90. The number of hydrogen-bond donors (Lipinski definition) is 2. The van der Waals surface area contributed by atoms with Crippen LogP contribution in [0.3, 0.4) is 0 Å². The third kappa shape index (κ3) is 3.28. The lowest BCUT2D eigenvalue weighted by atomic mass is 10.1. The van der Waals surface area contributed by atoms with Gasteiger partial charge in [-0.25, -0.2) is 8.78 Å². The molecule has 0 fully saturated rings. The number of rotatable bonds is 3. The van der Waals surface area contributed by atoms with Gasteiger partial charge in [-0.2, -0.15) is 0 Å². The third-order valence-electron chi connectivity index (χ3n) is 3.56. The number of nitrogens with one attached hydrogen (secondary N) is 2. The molecule has 1 amide bonds. The van der Waals surface area contributed by atoms with Crippen LogP contribution in [0.15, 0.2) is 30.5 Å². The summed E-state index contributed by atoms with van der Waals surface area (Å²) in [6.07, 6.45) is 2.22. The molecule has 1 aromatic carbocycles. The Kier molecular flexibility index (Phi) is 4.11. The first-order valence-electron chi connectivity index (χ1n) is 7.04. The quantitative estimate of drug-likeness (QED) is 0.914. The minimum atomic E-state index is -0.593. The summed E-state index contributed by atoms with van der Waals surface area (Å²) >= 11 is 0. The topological polar surface area (TPSA) is 54.0 Å². The summed E-state index contributed by atoms with van der Waals surface area (Å²) in [6.45, 7) is 1.61. The molecule has 0 saturated carbocycles. The second-order valence-corrected chi connectivity index (χ2v) is 5.22. The first-order valence-corrected chi connectivity index (χ1v) is 7.04. The van der Waals surface area contributed by atoms with Crippen LogP contribution in [-0.4, -0.2) is 17.4 Å². The Bertz CT molecular complexity index is 719. The van der Waals surface area contributed by atoms with Gasteiger partial charge < -0.3 is 10.6 Å². The number of anilines is 1. The fourth-order valence-corrected chi connectivity index (χ4v) is 2.47. The van der Waals surface area contributed by atoms with Gasteiger partial charge >= 0.3 is 0 Å². The van der Waals surface area contributed by atoms with E-state index in [0.29, 0.717) is 12.2 Å². The van der Waals surface area contributed by atoms with Crippen molar-refractivity contribution in [2.24, 2.45) is 0 Å². The van der Waals surface area contributed by atoms with Crippen molar-refractivity contribution in [2.45, 2.75) is 19.4 Å². The lowest BCUT2D eigenvalue weighted by molar-refractivity contribution is -0.115. The molecule has 22 heavy (non-hydrogen) atoms. The van der Waals surface area contributed by atoms with Crippen LogP contribution in [0.2, 0.25) is 0 Å². The number of amides is 1. The molecule has 0 spiro atoms. The third-order valence-corrected chi connectivity index (χ3v) is 3.56. The number of hydrogen-bond acceptors (Lipinski definition) is 3. The molecule has 0 radical (unpaired) electrons. The molecule has 6 heteroatoms. The van der Waals surface area contributed by atoms with Crippen LogP contribution in [0.4, 0.5) is 14.5 Å². The maximum absolute atomic E-state index is 13.5. The van der Waals surface area contributed by atoms with E-state index in [9.17, 15) is 13.6 Å². The fourth-order valence-electron chi connectivity index (χ4n) is 2.47. The highest BCUT2D eigenvalue weighted by molar-refractivity contribution is 5.92. The molecule has 1 aliphatic heterocycles. The fraction of sp³-hybridized carbons (Fsp3) is 0.250. The highest BCUT2D eigenvalue weighted by atomic mass is 19.1. The van der Waals surface area contributed by atoms with Crippen LogP contribution < -0.4 is 10.6 Å². The van der Waals surface area contributed by atoms with Crippen LogP contribution >= 0.6 is 0 Å². The van der Waals surface area contributed by atoms with E-state index in [1.807, 2.05) is 6.07 Å².